The van der Waals surface area contributed by atoms with Crippen LogP contribution in [0, 0.1) is 3.57 Å². The minimum absolute atomic E-state index is 1.18. The van der Waals surface area contributed by atoms with Gasteiger partial charge in [-0.2, -0.15) is 0 Å². The molecule has 2 N–H and O–H groups in total. The van der Waals surface area contributed by atoms with E-state index in [1.54, 1.807) is 0 Å². The van der Waals surface area contributed by atoms with Crippen molar-refractivity contribution in [2.45, 2.75) is 0 Å². The van der Waals surface area contributed by atoms with Crippen molar-refractivity contribution >= 4 is 33.6 Å². The lowest BCUT2D eigenvalue weighted by Crippen LogP contribution is -1.60. The molecule has 0 amide bonds. The number of fused-ring (bicyclic) bond motifs is 1. The standard InChI is InChI=1S/C6H5IN2/c7-4-3-9-5-1-2-8-6(4)5/h1-3,8-9H. The first-order valence-electron chi connectivity index (χ1n) is 2.68. The van der Waals surface area contributed by atoms with Gasteiger partial charge in [0.1, 0.15) is 0 Å². The molecule has 0 aliphatic carbocycles. The van der Waals surface area contributed by atoms with Gasteiger partial charge in [-0.3, -0.25) is 0 Å². The minimum atomic E-state index is 1.18. The van der Waals surface area contributed by atoms with Crippen LogP contribution in [0.1, 0.15) is 0 Å². The molecule has 2 aromatic heterocycles. The Morgan fingerprint density at radius 3 is 3.00 bits per heavy atom. The van der Waals surface area contributed by atoms with Gasteiger partial charge in [-0.25, -0.2) is 0 Å². The summed E-state index contributed by atoms with van der Waals surface area (Å²) in [6, 6.07) is 2.03. The molecule has 2 rings (SSSR count). The number of hydrogen-bond donors (Lipinski definition) is 2. The van der Waals surface area contributed by atoms with Crippen LogP contribution in [0.5, 0.6) is 0 Å². The van der Waals surface area contributed by atoms with E-state index in [0.717, 1.165) is 0 Å². The highest BCUT2D eigenvalue weighted by Crippen LogP contribution is 2.16. The average Bonchev–Trinajstić information content (AvgIpc) is 2.35. The van der Waals surface area contributed by atoms with Gasteiger partial charge < -0.3 is 9.97 Å². The summed E-state index contributed by atoms with van der Waals surface area (Å²) >= 11 is 2.29. The first-order chi connectivity index (χ1) is 4.38. The Kier molecular flexibility index (Phi) is 1.05. The third-order valence-corrected chi connectivity index (χ3v) is 2.19. The Morgan fingerprint density at radius 1 is 1.33 bits per heavy atom. The third-order valence-electron chi connectivity index (χ3n) is 1.34. The topological polar surface area (TPSA) is 31.6 Å². The summed E-state index contributed by atoms with van der Waals surface area (Å²) in [6.45, 7) is 0. The smallest absolute Gasteiger partial charge is 0.0769 e. The summed E-state index contributed by atoms with van der Waals surface area (Å²) in [5, 5.41) is 0. The molecule has 2 aromatic rings. The van der Waals surface area contributed by atoms with Crippen molar-refractivity contribution in [3.05, 3.63) is 22.0 Å². The largest absolute Gasteiger partial charge is 0.359 e. The van der Waals surface area contributed by atoms with Crippen molar-refractivity contribution in [1.82, 2.24) is 9.97 Å². The van der Waals surface area contributed by atoms with Crippen molar-refractivity contribution in [3.63, 3.8) is 0 Å². The van der Waals surface area contributed by atoms with Gasteiger partial charge in [-0.1, -0.05) is 0 Å². The molecule has 0 aliphatic rings. The molecule has 3 heteroatoms. The molecule has 0 spiro atoms. The fourth-order valence-corrected chi connectivity index (χ4v) is 1.50. The third kappa shape index (κ3) is 0.676. The second kappa shape index (κ2) is 1.76. The van der Waals surface area contributed by atoms with E-state index in [-0.39, 0.29) is 0 Å². The number of aromatic nitrogens is 2. The molecule has 9 heavy (non-hydrogen) atoms. The molecular formula is C6H5IN2. The van der Waals surface area contributed by atoms with Gasteiger partial charge in [0.25, 0.3) is 0 Å². The predicted molar refractivity (Wildman–Crippen MR) is 45.4 cm³/mol. The number of nitrogens with one attached hydrogen (secondary N) is 2. The average molecular weight is 232 g/mol. The molecule has 0 saturated carbocycles. The Morgan fingerprint density at radius 2 is 2.22 bits per heavy atom. The molecule has 0 unspecified atom stereocenters. The van der Waals surface area contributed by atoms with Crippen LogP contribution in [0.2, 0.25) is 0 Å². The maximum Gasteiger partial charge on any atom is 0.0769 e. The van der Waals surface area contributed by atoms with Crippen LogP contribution in [0.25, 0.3) is 11.0 Å². The summed E-state index contributed by atoms with van der Waals surface area (Å²) in [6.07, 6.45) is 3.92. The quantitative estimate of drug-likeness (QED) is 0.652. The van der Waals surface area contributed by atoms with Gasteiger partial charge in [0, 0.05) is 12.4 Å². The highest BCUT2D eigenvalue weighted by molar-refractivity contribution is 14.1. The lowest BCUT2D eigenvalue weighted by Gasteiger charge is -1.75. The molecule has 46 valence electrons. The molecule has 0 atom stereocenters. The summed E-state index contributed by atoms with van der Waals surface area (Å²) in [5.74, 6) is 0. The van der Waals surface area contributed by atoms with Crippen LogP contribution in [0.15, 0.2) is 18.5 Å². The van der Waals surface area contributed by atoms with Crippen molar-refractivity contribution in [1.29, 1.82) is 0 Å². The van der Waals surface area contributed by atoms with E-state index in [2.05, 4.69) is 32.6 Å². The maximum atomic E-state index is 3.13. The van der Waals surface area contributed by atoms with Crippen LogP contribution in [-0.4, -0.2) is 9.97 Å². The van der Waals surface area contributed by atoms with E-state index >= 15 is 0 Å². The normalized spacial score (nSPS) is 10.8. The van der Waals surface area contributed by atoms with Gasteiger partial charge in [-0.15, -0.1) is 0 Å². The lowest BCUT2D eigenvalue weighted by atomic mass is 10.5. The van der Waals surface area contributed by atoms with Gasteiger partial charge in [-0.05, 0) is 28.7 Å². The van der Waals surface area contributed by atoms with Gasteiger partial charge in [0.05, 0.1) is 14.6 Å². The predicted octanol–water partition coefficient (Wildman–Crippen LogP) is 2.10. The zero-order valence-corrected chi connectivity index (χ0v) is 6.77. The number of H-pyrrole nitrogens is 2. The molecule has 2 nitrogen and oxygen atoms in total. The monoisotopic (exact) mass is 232 g/mol. The summed E-state index contributed by atoms with van der Waals surface area (Å²) in [5.41, 5.74) is 2.38. The van der Waals surface area contributed by atoms with E-state index in [9.17, 15) is 0 Å². The van der Waals surface area contributed by atoms with Crippen LogP contribution in [0.4, 0.5) is 0 Å². The van der Waals surface area contributed by atoms with Gasteiger partial charge in [0.2, 0.25) is 0 Å². The van der Waals surface area contributed by atoms with E-state index in [1.165, 1.54) is 14.6 Å². The molecular weight excluding hydrogens is 227 g/mol. The van der Waals surface area contributed by atoms with Crippen molar-refractivity contribution in [3.8, 4) is 0 Å². The number of hydrogen-bond acceptors (Lipinski definition) is 0. The molecule has 0 aromatic carbocycles. The summed E-state index contributed by atoms with van der Waals surface area (Å²) in [7, 11) is 0. The van der Waals surface area contributed by atoms with E-state index < -0.39 is 0 Å². The van der Waals surface area contributed by atoms with Crippen LogP contribution in [-0.2, 0) is 0 Å². The molecule has 2 heterocycles. The lowest BCUT2D eigenvalue weighted by molar-refractivity contribution is 1.44. The van der Waals surface area contributed by atoms with Crippen molar-refractivity contribution in [2.24, 2.45) is 0 Å². The van der Waals surface area contributed by atoms with E-state index in [0.29, 0.717) is 0 Å². The minimum Gasteiger partial charge on any atom is -0.359 e. The second-order valence-electron chi connectivity index (χ2n) is 1.90. The summed E-state index contributed by atoms with van der Waals surface area (Å²) < 4.78 is 1.24. The van der Waals surface area contributed by atoms with E-state index in [1.807, 2.05) is 18.5 Å². The fraction of sp³-hybridized carbons (Fsp3) is 0. The Labute approximate surface area is 65.8 Å². The molecule has 0 fully saturated rings. The maximum absolute atomic E-state index is 3.13. The van der Waals surface area contributed by atoms with Crippen LogP contribution < -0.4 is 0 Å². The zero-order valence-electron chi connectivity index (χ0n) is 4.61. The summed E-state index contributed by atoms with van der Waals surface area (Å²) in [4.78, 5) is 6.26. The zero-order chi connectivity index (χ0) is 6.27. The fourth-order valence-electron chi connectivity index (χ4n) is 0.901. The second-order valence-corrected chi connectivity index (χ2v) is 3.07. The number of rotatable bonds is 0. The SMILES string of the molecule is Ic1c[nH]c2cc[nH]c12. The van der Waals surface area contributed by atoms with Crippen molar-refractivity contribution < 1.29 is 0 Å². The molecule has 0 radical (unpaired) electrons. The Hall–Kier alpha value is -0.450. The molecule has 0 aliphatic heterocycles. The molecule has 0 bridgehead atoms. The Bertz CT molecular complexity index is 320. The molecule has 0 saturated heterocycles. The van der Waals surface area contributed by atoms with Crippen molar-refractivity contribution in [2.75, 3.05) is 0 Å². The van der Waals surface area contributed by atoms with Gasteiger partial charge >= 0.3 is 0 Å². The van der Waals surface area contributed by atoms with Crippen LogP contribution in [0.3, 0.4) is 0 Å². The highest BCUT2D eigenvalue weighted by Gasteiger charge is 1.97. The number of halogens is 1. The highest BCUT2D eigenvalue weighted by atomic mass is 127. The number of aromatic amines is 2. The van der Waals surface area contributed by atoms with E-state index in [4.69, 9.17) is 0 Å². The Balaban J connectivity index is 2.99. The van der Waals surface area contributed by atoms with Gasteiger partial charge in [0.15, 0.2) is 0 Å². The first-order valence-corrected chi connectivity index (χ1v) is 3.76. The first kappa shape index (κ1) is 5.34. The van der Waals surface area contributed by atoms with Crippen LogP contribution >= 0.6 is 22.6 Å².